The highest BCUT2D eigenvalue weighted by atomic mass is 79.9. The van der Waals surface area contributed by atoms with Crippen molar-refractivity contribution in [1.29, 1.82) is 0 Å². The number of hydrogen-bond donors (Lipinski definition) is 1. The summed E-state index contributed by atoms with van der Waals surface area (Å²) >= 11 is 4.96. The van der Waals surface area contributed by atoms with Gasteiger partial charge in [0.25, 0.3) is 5.91 Å². The van der Waals surface area contributed by atoms with Crippen LogP contribution in [0.3, 0.4) is 0 Å². The summed E-state index contributed by atoms with van der Waals surface area (Å²) in [5.41, 5.74) is 5.14. The summed E-state index contributed by atoms with van der Waals surface area (Å²) in [7, 11) is 0. The summed E-state index contributed by atoms with van der Waals surface area (Å²) in [5, 5.41) is 6.35. The SMILES string of the molecule is C=CCn1c(-c2cccc(Br)c2)csc1=NNC(=O)c1ccc2c(c1)OCCO2. The Bertz CT molecular complexity index is 1140. The zero-order valence-electron chi connectivity index (χ0n) is 15.4. The van der Waals surface area contributed by atoms with Gasteiger partial charge >= 0.3 is 0 Å². The van der Waals surface area contributed by atoms with E-state index in [1.165, 1.54) is 11.3 Å². The van der Waals surface area contributed by atoms with Crippen LogP contribution in [-0.4, -0.2) is 23.7 Å². The van der Waals surface area contributed by atoms with Crippen molar-refractivity contribution in [1.82, 2.24) is 9.99 Å². The van der Waals surface area contributed by atoms with E-state index in [0.29, 0.717) is 41.6 Å². The molecule has 1 N–H and O–H groups in total. The molecular weight excluding hydrogens is 454 g/mol. The van der Waals surface area contributed by atoms with Crippen LogP contribution in [0.5, 0.6) is 11.5 Å². The standard InChI is InChI=1S/C21H18BrN3O3S/c1-2-8-25-17(14-4-3-5-16(22)11-14)13-29-21(25)24-23-20(26)15-6-7-18-19(12-15)28-10-9-27-18/h2-7,11-13H,1,8-10H2,(H,23,26). The molecular formula is C21H18BrN3O3S. The maximum Gasteiger partial charge on any atom is 0.271 e. The van der Waals surface area contributed by atoms with Crippen molar-refractivity contribution < 1.29 is 14.3 Å². The fourth-order valence-corrected chi connectivity index (χ4v) is 4.23. The molecule has 6 nitrogen and oxygen atoms in total. The molecule has 8 heteroatoms. The Morgan fingerprint density at radius 3 is 2.86 bits per heavy atom. The number of fused-ring (bicyclic) bond motifs is 1. The number of carbonyl (C=O) groups is 1. The average Bonchev–Trinajstić information content (AvgIpc) is 3.14. The van der Waals surface area contributed by atoms with E-state index in [4.69, 9.17) is 9.47 Å². The van der Waals surface area contributed by atoms with Crippen molar-refractivity contribution in [2.24, 2.45) is 5.10 Å². The van der Waals surface area contributed by atoms with Gasteiger partial charge in [-0.2, -0.15) is 0 Å². The zero-order valence-corrected chi connectivity index (χ0v) is 17.8. The molecule has 0 radical (unpaired) electrons. The van der Waals surface area contributed by atoms with Crippen molar-refractivity contribution in [2.75, 3.05) is 13.2 Å². The highest BCUT2D eigenvalue weighted by molar-refractivity contribution is 9.10. The Kier molecular flexibility index (Phi) is 5.82. The number of allylic oxidation sites excluding steroid dienone is 1. The maximum absolute atomic E-state index is 12.6. The third kappa shape index (κ3) is 4.28. The van der Waals surface area contributed by atoms with Crippen molar-refractivity contribution in [3.63, 3.8) is 0 Å². The summed E-state index contributed by atoms with van der Waals surface area (Å²) in [6.45, 7) is 5.39. The number of aromatic nitrogens is 1. The lowest BCUT2D eigenvalue weighted by Gasteiger charge is -2.18. The number of thiazole rings is 1. The van der Waals surface area contributed by atoms with Gasteiger partial charge < -0.3 is 14.0 Å². The lowest BCUT2D eigenvalue weighted by Crippen LogP contribution is -2.25. The van der Waals surface area contributed by atoms with Crippen LogP contribution < -0.4 is 19.7 Å². The molecule has 4 rings (SSSR count). The molecule has 2 heterocycles. The summed E-state index contributed by atoms with van der Waals surface area (Å²) < 4.78 is 14.0. The van der Waals surface area contributed by atoms with Crippen LogP contribution in [0.25, 0.3) is 11.3 Å². The second-order valence-electron chi connectivity index (χ2n) is 6.22. The van der Waals surface area contributed by atoms with Gasteiger partial charge in [-0.3, -0.25) is 4.79 Å². The molecule has 0 fully saturated rings. The van der Waals surface area contributed by atoms with E-state index in [9.17, 15) is 4.79 Å². The molecule has 0 aliphatic carbocycles. The Morgan fingerprint density at radius 2 is 2.07 bits per heavy atom. The Labute approximate surface area is 180 Å². The number of rotatable bonds is 5. The van der Waals surface area contributed by atoms with Gasteiger partial charge in [-0.05, 0) is 30.3 Å². The molecule has 0 unspecified atom stereocenters. The molecule has 148 valence electrons. The molecule has 1 aliphatic rings. The lowest BCUT2D eigenvalue weighted by atomic mass is 10.2. The van der Waals surface area contributed by atoms with Crippen molar-refractivity contribution in [3.05, 3.63) is 75.3 Å². The van der Waals surface area contributed by atoms with Crippen LogP contribution >= 0.6 is 27.3 Å². The second-order valence-corrected chi connectivity index (χ2v) is 7.98. The van der Waals surface area contributed by atoms with E-state index in [1.807, 2.05) is 34.2 Å². The minimum absolute atomic E-state index is 0.315. The maximum atomic E-state index is 12.6. The minimum atomic E-state index is -0.315. The van der Waals surface area contributed by atoms with Gasteiger partial charge in [0.1, 0.15) is 13.2 Å². The first-order valence-electron chi connectivity index (χ1n) is 8.94. The van der Waals surface area contributed by atoms with Crippen LogP contribution in [0.15, 0.2) is 70.1 Å². The van der Waals surface area contributed by atoms with E-state index in [-0.39, 0.29) is 5.91 Å². The molecule has 0 saturated heterocycles. The van der Waals surface area contributed by atoms with Crippen molar-refractivity contribution >= 4 is 33.2 Å². The fourth-order valence-electron chi connectivity index (χ4n) is 2.95. The molecule has 0 atom stereocenters. The first kappa shape index (κ1) is 19.5. The molecule has 0 spiro atoms. The van der Waals surface area contributed by atoms with Gasteiger partial charge in [-0.1, -0.05) is 34.1 Å². The van der Waals surface area contributed by atoms with E-state index in [0.717, 1.165) is 15.7 Å². The van der Waals surface area contributed by atoms with E-state index >= 15 is 0 Å². The number of benzene rings is 2. The van der Waals surface area contributed by atoms with Crippen LogP contribution in [0, 0.1) is 0 Å². The first-order chi connectivity index (χ1) is 14.2. The normalized spacial score (nSPS) is 13.2. The smallest absolute Gasteiger partial charge is 0.271 e. The Hall–Kier alpha value is -2.84. The zero-order chi connectivity index (χ0) is 20.2. The summed E-state index contributed by atoms with van der Waals surface area (Å²) in [6.07, 6.45) is 1.80. The van der Waals surface area contributed by atoms with Gasteiger partial charge in [0.15, 0.2) is 11.5 Å². The van der Waals surface area contributed by atoms with Gasteiger partial charge in [0, 0.05) is 27.5 Å². The van der Waals surface area contributed by atoms with E-state index < -0.39 is 0 Å². The van der Waals surface area contributed by atoms with Crippen LogP contribution in [-0.2, 0) is 6.54 Å². The summed E-state index contributed by atoms with van der Waals surface area (Å²) in [6, 6.07) is 13.1. The molecule has 1 aromatic heterocycles. The van der Waals surface area contributed by atoms with Crippen LogP contribution in [0.4, 0.5) is 0 Å². The predicted octanol–water partition coefficient (Wildman–Crippen LogP) is 4.18. The van der Waals surface area contributed by atoms with Crippen LogP contribution in [0.2, 0.25) is 0 Å². The highest BCUT2D eigenvalue weighted by Gasteiger charge is 2.15. The molecule has 1 amide bonds. The lowest BCUT2D eigenvalue weighted by molar-refractivity contribution is 0.0951. The minimum Gasteiger partial charge on any atom is -0.486 e. The molecule has 1 aliphatic heterocycles. The van der Waals surface area contributed by atoms with Gasteiger partial charge in [0.05, 0.1) is 5.69 Å². The quantitative estimate of drug-likeness (QED) is 0.448. The highest BCUT2D eigenvalue weighted by Crippen LogP contribution is 2.30. The molecule has 2 aromatic carbocycles. The first-order valence-corrected chi connectivity index (χ1v) is 10.6. The second kappa shape index (κ2) is 8.67. The molecule has 0 saturated carbocycles. The van der Waals surface area contributed by atoms with Crippen molar-refractivity contribution in [3.8, 4) is 22.8 Å². The third-order valence-electron chi connectivity index (χ3n) is 4.29. The number of ether oxygens (including phenoxy) is 2. The Morgan fingerprint density at radius 1 is 1.24 bits per heavy atom. The van der Waals surface area contributed by atoms with Gasteiger partial charge in [-0.25, -0.2) is 5.43 Å². The molecule has 29 heavy (non-hydrogen) atoms. The summed E-state index contributed by atoms with van der Waals surface area (Å²) in [5.74, 6) is 0.897. The fraction of sp³-hybridized carbons (Fsp3) is 0.143. The number of nitrogens with one attached hydrogen (secondary N) is 1. The molecule has 3 aromatic rings. The number of halogens is 1. The van der Waals surface area contributed by atoms with Crippen LogP contribution in [0.1, 0.15) is 10.4 Å². The van der Waals surface area contributed by atoms with E-state index in [2.05, 4.69) is 33.0 Å². The van der Waals surface area contributed by atoms with Gasteiger partial charge in [-0.15, -0.1) is 23.0 Å². The van der Waals surface area contributed by atoms with Crippen molar-refractivity contribution in [2.45, 2.75) is 6.54 Å². The average molecular weight is 472 g/mol. The monoisotopic (exact) mass is 471 g/mol. The summed E-state index contributed by atoms with van der Waals surface area (Å²) in [4.78, 5) is 13.2. The third-order valence-corrected chi connectivity index (χ3v) is 5.64. The predicted molar refractivity (Wildman–Crippen MR) is 116 cm³/mol. The number of carbonyl (C=O) groups excluding carboxylic acids is 1. The number of nitrogens with zero attached hydrogens (tertiary/aromatic N) is 2. The largest absolute Gasteiger partial charge is 0.486 e. The Balaban J connectivity index is 1.61. The number of hydrogen-bond acceptors (Lipinski definition) is 5. The number of amides is 1. The van der Waals surface area contributed by atoms with E-state index in [1.54, 1.807) is 24.3 Å². The topological polar surface area (TPSA) is 64.9 Å². The molecule has 0 bridgehead atoms. The van der Waals surface area contributed by atoms with Gasteiger partial charge in [0.2, 0.25) is 4.80 Å².